The highest BCUT2D eigenvalue weighted by molar-refractivity contribution is 7.86. The van der Waals surface area contributed by atoms with Gasteiger partial charge in [0.15, 0.2) is 0 Å². The lowest BCUT2D eigenvalue weighted by molar-refractivity contribution is -0.121. The van der Waals surface area contributed by atoms with Crippen LogP contribution in [0.2, 0.25) is 0 Å². The fraction of sp³-hybridized carbons (Fsp3) is 0.150. The molecule has 0 bridgehead atoms. The first-order chi connectivity index (χ1) is 15.3. The van der Waals surface area contributed by atoms with Gasteiger partial charge in [0.05, 0.1) is 5.69 Å². The van der Waals surface area contributed by atoms with Gasteiger partial charge in [0.1, 0.15) is 9.79 Å². The van der Waals surface area contributed by atoms with Gasteiger partial charge in [-0.2, -0.15) is 16.8 Å². The lowest BCUT2D eigenvalue weighted by Gasteiger charge is -2.15. The number of imide groups is 1. The first-order valence-corrected chi connectivity index (χ1v) is 12.2. The van der Waals surface area contributed by atoms with Crippen molar-refractivity contribution < 1.29 is 40.3 Å². The third-order valence-corrected chi connectivity index (χ3v) is 6.46. The lowest BCUT2D eigenvalue weighted by Crippen LogP contribution is -2.28. The van der Waals surface area contributed by atoms with Crippen LogP contribution in [-0.4, -0.2) is 43.7 Å². The van der Waals surface area contributed by atoms with Gasteiger partial charge in [-0.15, -0.1) is 0 Å². The lowest BCUT2D eigenvalue weighted by atomic mass is 10.1. The first-order valence-electron chi connectivity index (χ1n) is 9.32. The molecule has 0 radical (unpaired) electrons. The topological polar surface area (TPSA) is 175 Å². The molecule has 0 spiro atoms. The molecule has 1 fully saturated rings. The van der Waals surface area contributed by atoms with Gasteiger partial charge in [0.2, 0.25) is 17.7 Å². The molecule has 174 valence electrons. The molecule has 0 saturated carbocycles. The summed E-state index contributed by atoms with van der Waals surface area (Å²) < 4.78 is 66.6. The monoisotopic (exact) mass is 494 g/mol. The van der Waals surface area contributed by atoms with Crippen molar-refractivity contribution in [2.75, 3.05) is 10.2 Å². The van der Waals surface area contributed by atoms with Crippen LogP contribution in [0.25, 0.3) is 12.2 Å². The van der Waals surface area contributed by atoms with Crippen molar-refractivity contribution >= 4 is 61.5 Å². The summed E-state index contributed by atoms with van der Waals surface area (Å²) in [5.74, 6) is -1.49. The number of hydrogen-bond acceptors (Lipinski definition) is 7. The predicted octanol–water partition coefficient (Wildman–Crippen LogP) is 1.96. The molecule has 1 aliphatic heterocycles. The second kappa shape index (κ2) is 8.86. The zero-order valence-corrected chi connectivity index (χ0v) is 18.7. The average Bonchev–Trinajstić information content (AvgIpc) is 3.03. The summed E-state index contributed by atoms with van der Waals surface area (Å²) in [7, 11) is -9.52. The van der Waals surface area contributed by atoms with E-state index >= 15 is 0 Å². The summed E-state index contributed by atoms with van der Waals surface area (Å²) in [6, 6.07) is 7.15. The van der Waals surface area contributed by atoms with Gasteiger partial charge in [-0.3, -0.25) is 28.4 Å². The van der Waals surface area contributed by atoms with Crippen molar-refractivity contribution in [1.82, 2.24) is 0 Å². The van der Waals surface area contributed by atoms with Gasteiger partial charge in [-0.1, -0.05) is 24.3 Å². The Morgan fingerprint density at radius 1 is 0.879 bits per heavy atom. The van der Waals surface area contributed by atoms with Crippen LogP contribution in [0.1, 0.15) is 30.9 Å². The number of hydrogen-bond donors (Lipinski definition) is 3. The Labute approximate surface area is 189 Å². The molecule has 1 aliphatic rings. The molecule has 2 aromatic rings. The van der Waals surface area contributed by atoms with Gasteiger partial charge >= 0.3 is 0 Å². The Hall–Kier alpha value is -3.39. The summed E-state index contributed by atoms with van der Waals surface area (Å²) in [5, 5.41) is 2.38. The van der Waals surface area contributed by atoms with E-state index in [9.17, 15) is 40.3 Å². The van der Waals surface area contributed by atoms with E-state index in [4.69, 9.17) is 0 Å². The van der Waals surface area contributed by atoms with Gasteiger partial charge < -0.3 is 5.32 Å². The van der Waals surface area contributed by atoms with Crippen LogP contribution in [0, 0.1) is 0 Å². The van der Waals surface area contributed by atoms with Crippen molar-refractivity contribution in [1.29, 1.82) is 0 Å². The number of benzene rings is 2. The second-order valence-electron chi connectivity index (χ2n) is 7.06. The highest BCUT2D eigenvalue weighted by atomic mass is 32.2. The summed E-state index contributed by atoms with van der Waals surface area (Å²) in [5.41, 5.74) is -0.0461. The normalized spacial score (nSPS) is 14.8. The largest absolute Gasteiger partial charge is 0.326 e. The maximum Gasteiger partial charge on any atom is 0.295 e. The van der Waals surface area contributed by atoms with Gasteiger partial charge in [-0.25, -0.2) is 0 Å². The molecule has 3 rings (SSSR count). The zero-order chi connectivity index (χ0) is 24.6. The minimum Gasteiger partial charge on any atom is -0.326 e. The van der Waals surface area contributed by atoms with E-state index < -0.39 is 47.7 Å². The van der Waals surface area contributed by atoms with E-state index in [0.29, 0.717) is 0 Å². The van der Waals surface area contributed by atoms with Gasteiger partial charge in [0, 0.05) is 25.5 Å². The van der Waals surface area contributed by atoms with Crippen molar-refractivity contribution in [3.8, 4) is 0 Å². The molecule has 1 heterocycles. The van der Waals surface area contributed by atoms with Crippen molar-refractivity contribution in [3.63, 3.8) is 0 Å². The standard InChI is InChI=1S/C20H18N2O9S2/c1-12(23)21-15-6-4-13(17(10-15)32(26,27)28)2-3-14-5-7-16(11-18(14)33(29,30)31)22-19(24)8-9-20(22)25/h2-7,10-11H,8-9H2,1H3,(H,21,23)(H,26,27,28)(H,29,30,31)/b3-2+. The second-order valence-corrected chi connectivity index (χ2v) is 9.84. The molecular weight excluding hydrogens is 476 g/mol. The van der Waals surface area contributed by atoms with Crippen LogP contribution in [0.5, 0.6) is 0 Å². The quantitative estimate of drug-likeness (QED) is 0.308. The molecule has 1 saturated heterocycles. The molecule has 3 N–H and O–H groups in total. The molecule has 0 unspecified atom stereocenters. The van der Waals surface area contributed by atoms with E-state index in [1.165, 1.54) is 43.3 Å². The summed E-state index contributed by atoms with van der Waals surface area (Å²) in [6.45, 7) is 1.21. The molecule has 0 aromatic heterocycles. The van der Waals surface area contributed by atoms with Gasteiger partial charge in [-0.05, 0) is 35.4 Å². The van der Waals surface area contributed by atoms with Crippen LogP contribution in [0.3, 0.4) is 0 Å². The van der Waals surface area contributed by atoms with E-state index in [2.05, 4.69) is 5.32 Å². The SMILES string of the molecule is CC(=O)Nc1ccc(/C=C/c2ccc(N3C(=O)CCC3=O)cc2S(=O)(=O)O)c(S(=O)(=O)O)c1. The molecular formula is C20H18N2O9S2. The molecule has 3 amide bonds. The van der Waals surface area contributed by atoms with E-state index in [1.807, 2.05) is 0 Å². The third kappa shape index (κ3) is 5.51. The van der Waals surface area contributed by atoms with Crippen molar-refractivity contribution in [3.05, 3.63) is 47.5 Å². The van der Waals surface area contributed by atoms with Crippen LogP contribution in [0.4, 0.5) is 11.4 Å². The van der Waals surface area contributed by atoms with Crippen LogP contribution >= 0.6 is 0 Å². The van der Waals surface area contributed by atoms with Crippen molar-refractivity contribution in [2.24, 2.45) is 0 Å². The van der Waals surface area contributed by atoms with Crippen LogP contribution in [-0.2, 0) is 34.6 Å². The minimum atomic E-state index is -4.80. The maximum absolute atomic E-state index is 11.9. The third-order valence-electron chi connectivity index (χ3n) is 4.64. The number of rotatable bonds is 6. The number of carbonyl (C=O) groups excluding carboxylic acids is 3. The number of nitrogens with one attached hydrogen (secondary N) is 1. The number of nitrogens with zero attached hydrogens (tertiary/aromatic N) is 1. The van der Waals surface area contributed by atoms with E-state index in [1.54, 1.807) is 0 Å². The number of amides is 3. The van der Waals surface area contributed by atoms with Crippen molar-refractivity contribution in [2.45, 2.75) is 29.6 Å². The summed E-state index contributed by atoms with van der Waals surface area (Å²) in [6.07, 6.45) is 2.31. The zero-order valence-electron chi connectivity index (χ0n) is 17.0. The number of carbonyl (C=O) groups is 3. The first kappa shape index (κ1) is 24.3. The Bertz CT molecular complexity index is 1400. The number of anilines is 2. The van der Waals surface area contributed by atoms with Gasteiger partial charge in [0.25, 0.3) is 20.2 Å². The molecule has 13 heteroatoms. The average molecular weight is 495 g/mol. The predicted molar refractivity (Wildman–Crippen MR) is 117 cm³/mol. The Morgan fingerprint density at radius 2 is 1.36 bits per heavy atom. The molecule has 11 nitrogen and oxygen atoms in total. The Kier molecular flexibility index (Phi) is 6.51. The Balaban J connectivity index is 2.08. The smallest absolute Gasteiger partial charge is 0.295 e. The Morgan fingerprint density at radius 3 is 1.85 bits per heavy atom. The molecule has 0 aliphatic carbocycles. The maximum atomic E-state index is 11.9. The molecule has 0 atom stereocenters. The molecule has 2 aromatic carbocycles. The van der Waals surface area contributed by atoms with E-state index in [0.717, 1.165) is 17.0 Å². The summed E-state index contributed by atoms with van der Waals surface area (Å²) >= 11 is 0. The fourth-order valence-corrected chi connectivity index (χ4v) is 4.66. The van der Waals surface area contributed by atoms with Crippen LogP contribution in [0.15, 0.2) is 46.2 Å². The highest BCUT2D eigenvalue weighted by Gasteiger charge is 2.31. The fourth-order valence-electron chi connectivity index (χ4n) is 3.24. The highest BCUT2D eigenvalue weighted by Crippen LogP contribution is 2.29. The van der Waals surface area contributed by atoms with Crippen LogP contribution < -0.4 is 10.2 Å². The van der Waals surface area contributed by atoms with E-state index in [-0.39, 0.29) is 35.3 Å². The minimum absolute atomic E-state index is 0.0193. The summed E-state index contributed by atoms with van der Waals surface area (Å²) in [4.78, 5) is 34.7. The molecule has 33 heavy (non-hydrogen) atoms.